The van der Waals surface area contributed by atoms with Crippen LogP contribution in [0.3, 0.4) is 0 Å². The van der Waals surface area contributed by atoms with Crippen LogP contribution in [0.5, 0.6) is 0 Å². The van der Waals surface area contributed by atoms with E-state index in [1.807, 2.05) is 0 Å². The first-order valence-corrected chi connectivity index (χ1v) is 30.5. The highest BCUT2D eigenvalue weighted by molar-refractivity contribution is 9.10. The quantitative estimate of drug-likeness (QED) is 0.0951. The molecule has 0 aliphatic heterocycles. The van der Waals surface area contributed by atoms with Crippen molar-refractivity contribution in [2.75, 3.05) is 9.80 Å². The second kappa shape index (κ2) is 24.6. The number of rotatable bonds is 16. The predicted molar refractivity (Wildman–Crippen MR) is 360 cm³/mol. The topological polar surface area (TPSA) is 6.48 Å². The first-order valence-electron chi connectivity index (χ1n) is 28.9. The van der Waals surface area contributed by atoms with Gasteiger partial charge in [0.15, 0.2) is 0 Å². The van der Waals surface area contributed by atoms with Crippen molar-refractivity contribution < 1.29 is 0 Å². The molecule has 0 fully saturated rings. The van der Waals surface area contributed by atoms with Gasteiger partial charge < -0.3 is 9.80 Å². The molecule has 4 heteroatoms. The van der Waals surface area contributed by atoms with Crippen molar-refractivity contribution in [1.82, 2.24) is 0 Å². The summed E-state index contributed by atoms with van der Waals surface area (Å²) in [5.74, 6) is 0. The van der Waals surface area contributed by atoms with Crippen LogP contribution in [0.1, 0.15) is 71.2 Å². The summed E-state index contributed by atoms with van der Waals surface area (Å²) < 4.78 is 2.15. The van der Waals surface area contributed by atoms with Crippen molar-refractivity contribution in [2.45, 2.75) is 81.1 Å². The first-order chi connectivity index (χ1) is 39.8. The van der Waals surface area contributed by atoms with Crippen LogP contribution in [0.2, 0.25) is 0 Å². The van der Waals surface area contributed by atoms with Crippen molar-refractivity contribution in [3.63, 3.8) is 0 Å². The van der Waals surface area contributed by atoms with Crippen LogP contribution < -0.4 is 9.80 Å². The van der Waals surface area contributed by atoms with Crippen LogP contribution in [0.15, 0.2) is 239 Å². The summed E-state index contributed by atoms with van der Waals surface area (Å²) in [6.07, 6.45) is 4.49. The third-order valence-corrected chi connectivity index (χ3v) is 17.3. The molecule has 0 saturated heterocycles. The summed E-state index contributed by atoms with van der Waals surface area (Å²) in [4.78, 5) is 4.81. The number of anilines is 6. The van der Waals surface area contributed by atoms with Crippen LogP contribution >= 0.6 is 31.9 Å². The van der Waals surface area contributed by atoms with E-state index in [2.05, 4.69) is 328 Å². The van der Waals surface area contributed by atoms with E-state index in [9.17, 15) is 0 Å². The number of nitrogens with zero attached hydrogens (tertiary/aromatic N) is 2. The van der Waals surface area contributed by atoms with Crippen LogP contribution in [-0.2, 0) is 12.8 Å². The Morgan fingerprint density at radius 1 is 0.244 bits per heavy atom. The average Bonchev–Trinajstić information content (AvgIpc) is 3.68. The Hall–Kier alpha value is -8.02. The largest absolute Gasteiger partial charge is 0.310 e. The van der Waals surface area contributed by atoms with Gasteiger partial charge in [-0.15, -0.1) is 0 Å². The fourth-order valence-electron chi connectivity index (χ4n) is 11.9. The summed E-state index contributed by atoms with van der Waals surface area (Å²) in [5.41, 5.74) is 31.6. The molecule has 0 N–H and O–H groups in total. The maximum Gasteiger partial charge on any atom is 0.0464 e. The third-order valence-electron chi connectivity index (χ3n) is 16.2. The molecule has 11 aromatic carbocycles. The molecule has 0 heterocycles. The Labute approximate surface area is 504 Å². The molecule has 0 atom stereocenters. The molecule has 0 amide bonds. The predicted octanol–water partition coefficient (Wildman–Crippen LogP) is 23.9. The Bertz CT molecular complexity index is 3780. The summed E-state index contributed by atoms with van der Waals surface area (Å²) >= 11 is 7.22. The molecule has 0 spiro atoms. The van der Waals surface area contributed by atoms with E-state index in [4.69, 9.17) is 0 Å². The van der Waals surface area contributed by atoms with Gasteiger partial charge in [0, 0.05) is 43.1 Å². The Morgan fingerprint density at radius 3 is 0.768 bits per heavy atom. The molecule has 0 bridgehead atoms. The second-order valence-corrected chi connectivity index (χ2v) is 24.0. The smallest absolute Gasteiger partial charge is 0.0464 e. The summed E-state index contributed by atoms with van der Waals surface area (Å²) in [5, 5.41) is 0. The van der Waals surface area contributed by atoms with Gasteiger partial charge in [0.2, 0.25) is 0 Å². The Morgan fingerprint density at radius 2 is 0.488 bits per heavy atom. The van der Waals surface area contributed by atoms with E-state index in [1.54, 1.807) is 0 Å². The normalized spacial score (nSPS) is 11.2. The average molecular weight is 1200 g/mol. The van der Waals surface area contributed by atoms with Crippen LogP contribution in [0, 0.1) is 41.5 Å². The molecule has 11 rings (SSSR count). The highest BCUT2D eigenvalue weighted by Gasteiger charge is 2.21. The lowest BCUT2D eigenvalue weighted by Crippen LogP contribution is -2.11. The number of hydrogen-bond acceptors (Lipinski definition) is 2. The van der Waals surface area contributed by atoms with E-state index in [-0.39, 0.29) is 0 Å². The summed E-state index contributed by atoms with van der Waals surface area (Å²) in [6, 6.07) is 85.9. The van der Waals surface area contributed by atoms with Gasteiger partial charge in [-0.3, -0.25) is 0 Å². The number of aryl methyl sites for hydroxylation is 8. The van der Waals surface area contributed by atoms with Gasteiger partial charge in [-0.1, -0.05) is 192 Å². The Balaban J connectivity index is 0.914. The minimum atomic E-state index is 1.08. The van der Waals surface area contributed by atoms with Crippen LogP contribution in [0.25, 0.3) is 66.8 Å². The molecule has 406 valence electrons. The number of halogens is 2. The van der Waals surface area contributed by atoms with Gasteiger partial charge in [-0.2, -0.15) is 0 Å². The molecule has 0 aliphatic rings. The minimum absolute atomic E-state index is 1.08. The van der Waals surface area contributed by atoms with E-state index in [0.29, 0.717) is 0 Å². The SMILES string of the molecule is CCCc1ccc(-c2ccc(N(c3ccc(-c4ccc(Br)cc4)cc3)c3ccc(-c4cc(C)c(-c5ccc(N(c6ccc(-c7ccc(Br)cc7)cc6)c6ccc(-c7ccc(CCC)cc7)c(C)c6)cc5C)cc4C)c(C)c3)cc2C)cc1. The molecule has 82 heavy (non-hydrogen) atoms. The van der Waals surface area contributed by atoms with E-state index < -0.39 is 0 Å². The molecule has 0 saturated carbocycles. The molecular formula is C78H70Br2N2. The van der Waals surface area contributed by atoms with Gasteiger partial charge in [-0.25, -0.2) is 0 Å². The van der Waals surface area contributed by atoms with Crippen LogP contribution in [-0.4, -0.2) is 0 Å². The minimum Gasteiger partial charge on any atom is -0.310 e. The zero-order valence-corrected chi connectivity index (χ0v) is 51.6. The van der Waals surface area contributed by atoms with Gasteiger partial charge in [0.25, 0.3) is 0 Å². The standard InChI is InChI=1S/C78H70Br2N2/c1-9-11-57-13-17-63(18-14-57)73-41-37-69(45-51(73)3)81(67-33-25-61(26-34-67)59-21-29-65(79)30-22-59)71-39-43-75(53(5)47-71)77-49-56(8)78(50-55(77)7)76-44-40-72(48-54(76)6)82(68-35-27-62(28-36-68)60-23-31-66(80)32-24-60)70-38-42-74(52(4)46-70)64-19-15-58(12-10-2)16-20-64/h13-50H,9-12H2,1-8H3. The fourth-order valence-corrected chi connectivity index (χ4v) is 12.4. The lowest BCUT2D eigenvalue weighted by atomic mass is 9.88. The van der Waals surface area contributed by atoms with Crippen molar-refractivity contribution in [3.8, 4) is 66.8 Å². The zero-order valence-electron chi connectivity index (χ0n) is 48.4. The molecule has 0 aliphatic carbocycles. The molecular weight excluding hydrogens is 1120 g/mol. The monoisotopic (exact) mass is 1190 g/mol. The molecule has 0 aromatic heterocycles. The lowest BCUT2D eigenvalue weighted by molar-refractivity contribution is 0.922. The summed E-state index contributed by atoms with van der Waals surface area (Å²) in [6.45, 7) is 18.0. The van der Waals surface area contributed by atoms with E-state index >= 15 is 0 Å². The van der Waals surface area contributed by atoms with Crippen molar-refractivity contribution in [2.24, 2.45) is 0 Å². The molecule has 0 radical (unpaired) electrons. The highest BCUT2D eigenvalue weighted by atomic mass is 79.9. The third kappa shape index (κ3) is 12.0. The zero-order chi connectivity index (χ0) is 57.0. The van der Waals surface area contributed by atoms with Gasteiger partial charge >= 0.3 is 0 Å². The first kappa shape index (κ1) is 55.9. The lowest BCUT2D eigenvalue weighted by Gasteiger charge is -2.28. The van der Waals surface area contributed by atoms with Gasteiger partial charge in [0.1, 0.15) is 0 Å². The Kier molecular flexibility index (Phi) is 16.8. The second-order valence-electron chi connectivity index (χ2n) is 22.2. The molecule has 2 nitrogen and oxygen atoms in total. The van der Waals surface area contributed by atoms with Gasteiger partial charge in [-0.05, 0) is 263 Å². The van der Waals surface area contributed by atoms with Gasteiger partial charge in [0.05, 0.1) is 0 Å². The number of benzene rings is 11. The summed E-state index contributed by atoms with van der Waals surface area (Å²) in [7, 11) is 0. The number of hydrogen-bond donors (Lipinski definition) is 0. The molecule has 0 unspecified atom stereocenters. The fraction of sp³-hybridized carbons (Fsp3) is 0.154. The van der Waals surface area contributed by atoms with E-state index in [1.165, 1.54) is 111 Å². The van der Waals surface area contributed by atoms with E-state index in [0.717, 1.165) is 68.8 Å². The maximum atomic E-state index is 3.61. The van der Waals surface area contributed by atoms with Crippen molar-refractivity contribution in [3.05, 3.63) is 284 Å². The highest BCUT2D eigenvalue weighted by Crippen LogP contribution is 2.44. The maximum absolute atomic E-state index is 3.61. The van der Waals surface area contributed by atoms with Crippen molar-refractivity contribution >= 4 is 66.0 Å². The molecule has 11 aromatic rings. The van der Waals surface area contributed by atoms with Crippen molar-refractivity contribution in [1.29, 1.82) is 0 Å². The van der Waals surface area contributed by atoms with Crippen LogP contribution in [0.4, 0.5) is 34.1 Å².